The summed E-state index contributed by atoms with van der Waals surface area (Å²) in [5.41, 5.74) is 7.55. The van der Waals surface area contributed by atoms with Crippen LogP contribution in [0.2, 0.25) is 0 Å². The number of nitrogens with zero attached hydrogens (tertiary/aromatic N) is 1. The zero-order chi connectivity index (χ0) is 15.0. The number of hydrogen-bond donors (Lipinski definition) is 1. The summed E-state index contributed by atoms with van der Waals surface area (Å²) in [6, 6.07) is 30.7. The minimum Gasteiger partial charge on any atom is -0.278 e. The molecule has 0 saturated heterocycles. The molecule has 0 unspecified atom stereocenters. The molecule has 108 valence electrons. The van der Waals surface area contributed by atoms with Gasteiger partial charge < -0.3 is 0 Å². The highest BCUT2D eigenvalue weighted by atomic mass is 15.3. The second-order valence-electron chi connectivity index (χ2n) is 5.06. The predicted molar refractivity (Wildman–Crippen MR) is 93.2 cm³/mol. The summed E-state index contributed by atoms with van der Waals surface area (Å²) in [6.07, 6.45) is 0.796. The third kappa shape index (κ3) is 3.83. The van der Waals surface area contributed by atoms with Crippen LogP contribution in [0.1, 0.15) is 11.1 Å². The van der Waals surface area contributed by atoms with Crippen molar-refractivity contribution in [1.29, 1.82) is 0 Å². The van der Waals surface area contributed by atoms with E-state index >= 15 is 0 Å². The number of anilines is 1. The van der Waals surface area contributed by atoms with E-state index in [9.17, 15) is 0 Å². The maximum absolute atomic E-state index is 4.63. The van der Waals surface area contributed by atoms with Gasteiger partial charge in [-0.1, -0.05) is 78.9 Å². The molecule has 0 amide bonds. The minimum atomic E-state index is 0.796. The van der Waals surface area contributed by atoms with Crippen LogP contribution in [-0.4, -0.2) is 5.71 Å². The number of hydrogen-bond acceptors (Lipinski definition) is 2. The number of rotatable bonds is 5. The topological polar surface area (TPSA) is 24.4 Å². The van der Waals surface area contributed by atoms with Gasteiger partial charge in [0.15, 0.2) is 0 Å². The standard InChI is InChI=1S/C20H18N2/c1-4-10-17(11-5-1)16-20(18-12-6-2-7-13-18)22-21-19-14-8-3-9-15-19/h1-15,21H,16H2/b22-20+. The summed E-state index contributed by atoms with van der Waals surface area (Å²) in [4.78, 5) is 0. The molecule has 0 spiro atoms. The zero-order valence-corrected chi connectivity index (χ0v) is 12.3. The first-order valence-corrected chi connectivity index (χ1v) is 7.39. The van der Waals surface area contributed by atoms with E-state index in [0.29, 0.717) is 0 Å². The fourth-order valence-corrected chi connectivity index (χ4v) is 2.27. The van der Waals surface area contributed by atoms with Crippen molar-refractivity contribution >= 4 is 11.4 Å². The summed E-state index contributed by atoms with van der Waals surface area (Å²) in [5.74, 6) is 0. The van der Waals surface area contributed by atoms with Crippen LogP contribution < -0.4 is 5.43 Å². The second kappa shape index (κ2) is 7.23. The first kappa shape index (κ1) is 14.1. The average molecular weight is 286 g/mol. The number of benzene rings is 3. The van der Waals surface area contributed by atoms with Crippen molar-refractivity contribution in [1.82, 2.24) is 0 Å². The van der Waals surface area contributed by atoms with Crippen molar-refractivity contribution in [3.8, 4) is 0 Å². The highest BCUT2D eigenvalue weighted by molar-refractivity contribution is 6.02. The number of hydrazone groups is 1. The normalized spacial score (nSPS) is 11.2. The summed E-state index contributed by atoms with van der Waals surface area (Å²) >= 11 is 0. The van der Waals surface area contributed by atoms with Gasteiger partial charge in [0, 0.05) is 6.42 Å². The van der Waals surface area contributed by atoms with Crippen molar-refractivity contribution in [2.24, 2.45) is 5.10 Å². The lowest BCUT2D eigenvalue weighted by atomic mass is 10.0. The van der Waals surface area contributed by atoms with Crippen molar-refractivity contribution < 1.29 is 0 Å². The van der Waals surface area contributed by atoms with Gasteiger partial charge in [-0.05, 0) is 23.3 Å². The first-order valence-electron chi connectivity index (χ1n) is 7.39. The lowest BCUT2D eigenvalue weighted by molar-refractivity contribution is 1.25. The van der Waals surface area contributed by atoms with Crippen LogP contribution in [0.4, 0.5) is 5.69 Å². The first-order chi connectivity index (χ1) is 10.9. The molecule has 0 atom stereocenters. The monoisotopic (exact) mass is 286 g/mol. The van der Waals surface area contributed by atoms with Gasteiger partial charge in [-0.3, -0.25) is 5.43 Å². The minimum absolute atomic E-state index is 0.796. The molecule has 0 aliphatic rings. The van der Waals surface area contributed by atoms with E-state index < -0.39 is 0 Å². The Morgan fingerprint density at radius 1 is 0.682 bits per heavy atom. The van der Waals surface area contributed by atoms with Crippen LogP contribution in [0.3, 0.4) is 0 Å². The van der Waals surface area contributed by atoms with Crippen LogP contribution in [0, 0.1) is 0 Å². The summed E-state index contributed by atoms with van der Waals surface area (Å²) in [5, 5.41) is 4.63. The maximum Gasteiger partial charge on any atom is 0.0723 e. The Kier molecular flexibility index (Phi) is 4.63. The molecule has 2 heteroatoms. The lowest BCUT2D eigenvalue weighted by Crippen LogP contribution is -2.08. The quantitative estimate of drug-likeness (QED) is 0.531. The molecule has 0 fully saturated rings. The third-order valence-corrected chi connectivity index (χ3v) is 3.42. The molecule has 0 saturated carbocycles. The summed E-state index contributed by atoms with van der Waals surface area (Å²) in [6.45, 7) is 0. The van der Waals surface area contributed by atoms with Crippen molar-refractivity contribution in [3.63, 3.8) is 0 Å². The van der Waals surface area contributed by atoms with Crippen molar-refractivity contribution in [3.05, 3.63) is 102 Å². The van der Waals surface area contributed by atoms with Crippen LogP contribution in [0.15, 0.2) is 96.1 Å². The number of para-hydroxylation sites is 1. The Hall–Kier alpha value is -2.87. The van der Waals surface area contributed by atoms with E-state index in [2.05, 4.69) is 46.9 Å². The molecule has 0 aliphatic heterocycles. The van der Waals surface area contributed by atoms with E-state index in [1.807, 2.05) is 54.6 Å². The Balaban J connectivity index is 1.86. The van der Waals surface area contributed by atoms with E-state index in [1.165, 1.54) is 5.56 Å². The van der Waals surface area contributed by atoms with Gasteiger partial charge in [0.25, 0.3) is 0 Å². The zero-order valence-electron chi connectivity index (χ0n) is 12.3. The van der Waals surface area contributed by atoms with E-state index in [1.54, 1.807) is 0 Å². The van der Waals surface area contributed by atoms with E-state index in [-0.39, 0.29) is 0 Å². The van der Waals surface area contributed by atoms with E-state index in [4.69, 9.17) is 0 Å². The molecule has 2 nitrogen and oxygen atoms in total. The third-order valence-electron chi connectivity index (χ3n) is 3.42. The van der Waals surface area contributed by atoms with Gasteiger partial charge in [-0.15, -0.1) is 0 Å². The fourth-order valence-electron chi connectivity index (χ4n) is 2.27. The van der Waals surface area contributed by atoms with E-state index in [0.717, 1.165) is 23.4 Å². The molecule has 3 rings (SSSR count). The average Bonchev–Trinajstić information content (AvgIpc) is 2.61. The summed E-state index contributed by atoms with van der Waals surface area (Å²) < 4.78 is 0. The second-order valence-corrected chi connectivity index (χ2v) is 5.06. The molecule has 0 radical (unpaired) electrons. The van der Waals surface area contributed by atoms with Crippen LogP contribution in [0.5, 0.6) is 0 Å². The molecule has 3 aromatic carbocycles. The SMILES string of the molecule is c1ccc(C/C(=N\Nc2ccccc2)c2ccccc2)cc1. The summed E-state index contributed by atoms with van der Waals surface area (Å²) in [7, 11) is 0. The number of nitrogens with one attached hydrogen (secondary N) is 1. The molecule has 1 N–H and O–H groups in total. The molecule has 0 heterocycles. The van der Waals surface area contributed by atoms with Gasteiger partial charge >= 0.3 is 0 Å². The highest BCUT2D eigenvalue weighted by Crippen LogP contribution is 2.11. The Morgan fingerprint density at radius 2 is 1.23 bits per heavy atom. The van der Waals surface area contributed by atoms with Crippen molar-refractivity contribution in [2.75, 3.05) is 5.43 Å². The maximum atomic E-state index is 4.63. The largest absolute Gasteiger partial charge is 0.278 e. The fraction of sp³-hybridized carbons (Fsp3) is 0.0500. The Morgan fingerprint density at radius 3 is 1.86 bits per heavy atom. The van der Waals surface area contributed by atoms with Gasteiger partial charge in [-0.2, -0.15) is 5.10 Å². The Bertz CT molecular complexity index is 719. The molecule has 22 heavy (non-hydrogen) atoms. The smallest absolute Gasteiger partial charge is 0.0723 e. The van der Waals surface area contributed by atoms with Gasteiger partial charge in [0.2, 0.25) is 0 Å². The molecule has 0 aliphatic carbocycles. The van der Waals surface area contributed by atoms with Gasteiger partial charge in [-0.25, -0.2) is 0 Å². The molecule has 0 bridgehead atoms. The highest BCUT2D eigenvalue weighted by Gasteiger charge is 2.05. The van der Waals surface area contributed by atoms with Crippen LogP contribution in [-0.2, 0) is 6.42 Å². The Labute approximate surface area is 131 Å². The molecular formula is C20H18N2. The van der Waals surface area contributed by atoms with Crippen LogP contribution >= 0.6 is 0 Å². The molecular weight excluding hydrogens is 268 g/mol. The van der Waals surface area contributed by atoms with Gasteiger partial charge in [0.1, 0.15) is 0 Å². The molecule has 3 aromatic rings. The molecule has 0 aromatic heterocycles. The van der Waals surface area contributed by atoms with Gasteiger partial charge in [0.05, 0.1) is 11.4 Å². The van der Waals surface area contributed by atoms with Crippen molar-refractivity contribution in [2.45, 2.75) is 6.42 Å². The predicted octanol–water partition coefficient (Wildman–Crippen LogP) is 4.75. The lowest BCUT2D eigenvalue weighted by Gasteiger charge is -2.08. The van der Waals surface area contributed by atoms with Crippen LogP contribution in [0.25, 0.3) is 0 Å².